The van der Waals surface area contributed by atoms with Crippen molar-refractivity contribution in [2.45, 2.75) is 11.4 Å². The molecule has 0 aliphatic heterocycles. The lowest BCUT2D eigenvalue weighted by Crippen LogP contribution is -2.27. The van der Waals surface area contributed by atoms with Gasteiger partial charge in [-0.1, -0.05) is 35.5 Å². The predicted octanol–water partition coefficient (Wildman–Crippen LogP) is 3.50. The van der Waals surface area contributed by atoms with Crippen LogP contribution in [0.2, 0.25) is 0 Å². The van der Waals surface area contributed by atoms with Gasteiger partial charge < -0.3 is 14.2 Å². The average molecular weight is 369 g/mol. The first kappa shape index (κ1) is 18.0. The summed E-state index contributed by atoms with van der Waals surface area (Å²) >= 11 is 1.50. The third-order valence-electron chi connectivity index (χ3n) is 3.70. The molecule has 0 radical (unpaired) electrons. The number of ether oxygens (including phenoxy) is 1. The fourth-order valence-corrected chi connectivity index (χ4v) is 3.12. The van der Waals surface area contributed by atoms with Crippen LogP contribution >= 0.6 is 11.8 Å². The standard InChI is InChI=1S/C19H19N3O3S/c1-22(18(23)13-26-16-9-4-3-5-10-16)12-17-20-19(21-25-17)14-7-6-8-15(11-14)24-2/h3-11H,12-13H2,1-2H3. The number of amides is 1. The van der Waals surface area contributed by atoms with Gasteiger partial charge in [-0.25, -0.2) is 0 Å². The van der Waals surface area contributed by atoms with E-state index in [1.165, 1.54) is 11.8 Å². The van der Waals surface area contributed by atoms with Gasteiger partial charge in [0.2, 0.25) is 17.6 Å². The Morgan fingerprint density at radius 1 is 1.19 bits per heavy atom. The summed E-state index contributed by atoms with van der Waals surface area (Å²) in [6, 6.07) is 17.2. The van der Waals surface area contributed by atoms with Crippen LogP contribution in [0.1, 0.15) is 5.89 Å². The molecule has 134 valence electrons. The van der Waals surface area contributed by atoms with Crippen LogP contribution in [0.4, 0.5) is 0 Å². The highest BCUT2D eigenvalue weighted by Crippen LogP contribution is 2.22. The normalized spacial score (nSPS) is 10.5. The second-order valence-electron chi connectivity index (χ2n) is 5.60. The zero-order valence-corrected chi connectivity index (χ0v) is 15.4. The van der Waals surface area contributed by atoms with E-state index in [2.05, 4.69) is 10.1 Å². The number of hydrogen-bond acceptors (Lipinski definition) is 6. The Bertz CT molecular complexity index is 867. The number of nitrogens with zero attached hydrogens (tertiary/aromatic N) is 3. The number of hydrogen-bond donors (Lipinski definition) is 0. The van der Waals surface area contributed by atoms with E-state index in [1.807, 2.05) is 54.6 Å². The van der Waals surface area contributed by atoms with Crippen molar-refractivity contribution in [2.24, 2.45) is 0 Å². The first-order valence-electron chi connectivity index (χ1n) is 8.04. The molecule has 1 amide bonds. The summed E-state index contributed by atoms with van der Waals surface area (Å²) in [6.45, 7) is 0.269. The molecule has 3 rings (SSSR count). The molecular formula is C19H19N3O3S. The molecule has 0 aliphatic carbocycles. The van der Waals surface area contributed by atoms with Crippen molar-refractivity contribution in [3.63, 3.8) is 0 Å². The van der Waals surface area contributed by atoms with Crippen LogP contribution in [0.25, 0.3) is 11.4 Å². The number of aromatic nitrogens is 2. The lowest BCUT2D eigenvalue weighted by molar-refractivity contribution is -0.127. The van der Waals surface area contributed by atoms with Crippen LogP contribution < -0.4 is 4.74 Å². The van der Waals surface area contributed by atoms with Crippen LogP contribution in [0.3, 0.4) is 0 Å². The second kappa shape index (κ2) is 8.53. The Morgan fingerprint density at radius 2 is 2.00 bits per heavy atom. The zero-order valence-electron chi connectivity index (χ0n) is 14.6. The topological polar surface area (TPSA) is 68.5 Å². The Hall–Kier alpha value is -2.80. The maximum atomic E-state index is 12.3. The predicted molar refractivity (Wildman–Crippen MR) is 99.9 cm³/mol. The molecule has 0 unspecified atom stereocenters. The molecule has 1 heterocycles. The quantitative estimate of drug-likeness (QED) is 0.594. The highest BCUT2D eigenvalue weighted by molar-refractivity contribution is 8.00. The molecule has 0 saturated heterocycles. The highest BCUT2D eigenvalue weighted by Gasteiger charge is 2.15. The van der Waals surface area contributed by atoms with Gasteiger partial charge in [0, 0.05) is 17.5 Å². The largest absolute Gasteiger partial charge is 0.497 e. The van der Waals surface area contributed by atoms with Gasteiger partial charge in [-0.2, -0.15) is 4.98 Å². The number of benzene rings is 2. The summed E-state index contributed by atoms with van der Waals surface area (Å²) in [5.41, 5.74) is 0.799. The van der Waals surface area contributed by atoms with Gasteiger partial charge in [-0.3, -0.25) is 4.79 Å². The molecule has 6 nitrogen and oxygen atoms in total. The highest BCUT2D eigenvalue weighted by atomic mass is 32.2. The van der Waals surface area contributed by atoms with Crippen molar-refractivity contribution in [2.75, 3.05) is 19.9 Å². The molecule has 3 aromatic rings. The molecule has 0 bridgehead atoms. The van der Waals surface area contributed by atoms with Gasteiger partial charge in [-0.05, 0) is 24.3 Å². The molecule has 0 N–H and O–H groups in total. The minimum Gasteiger partial charge on any atom is -0.497 e. The number of thioether (sulfide) groups is 1. The molecule has 26 heavy (non-hydrogen) atoms. The van der Waals surface area contributed by atoms with Crippen molar-refractivity contribution in [1.29, 1.82) is 0 Å². The van der Waals surface area contributed by atoms with E-state index in [9.17, 15) is 4.79 Å². The number of carbonyl (C=O) groups is 1. The molecule has 1 aromatic heterocycles. The minimum atomic E-state index is -0.0000154. The van der Waals surface area contributed by atoms with Gasteiger partial charge in [-0.15, -0.1) is 11.8 Å². The summed E-state index contributed by atoms with van der Waals surface area (Å²) in [5, 5.41) is 3.98. The molecule has 7 heteroatoms. The fraction of sp³-hybridized carbons (Fsp3) is 0.211. The molecular weight excluding hydrogens is 350 g/mol. The Labute approximate surface area is 156 Å². The van der Waals surface area contributed by atoms with Gasteiger partial charge in [0.1, 0.15) is 5.75 Å². The third-order valence-corrected chi connectivity index (χ3v) is 4.70. The minimum absolute atomic E-state index is 0.0000154. The van der Waals surface area contributed by atoms with Gasteiger partial charge >= 0.3 is 0 Å². The lowest BCUT2D eigenvalue weighted by atomic mass is 10.2. The molecule has 2 aromatic carbocycles. The van der Waals surface area contributed by atoms with Gasteiger partial charge in [0.15, 0.2) is 0 Å². The molecule has 0 saturated carbocycles. The molecule has 0 atom stereocenters. The number of rotatable bonds is 7. The van der Waals surface area contributed by atoms with Crippen molar-refractivity contribution in [1.82, 2.24) is 15.0 Å². The van der Waals surface area contributed by atoms with E-state index in [0.29, 0.717) is 17.5 Å². The maximum Gasteiger partial charge on any atom is 0.246 e. The first-order chi connectivity index (χ1) is 12.7. The summed E-state index contributed by atoms with van der Waals surface area (Å²) in [6.07, 6.45) is 0. The van der Waals surface area contributed by atoms with E-state index in [-0.39, 0.29) is 12.5 Å². The molecule has 0 aliphatic rings. The van der Waals surface area contributed by atoms with Crippen LogP contribution in [-0.2, 0) is 11.3 Å². The Balaban J connectivity index is 1.58. The Morgan fingerprint density at radius 3 is 2.77 bits per heavy atom. The monoisotopic (exact) mass is 369 g/mol. The SMILES string of the molecule is COc1cccc(-c2noc(CN(C)C(=O)CSc3ccccc3)n2)c1. The zero-order chi connectivity index (χ0) is 18.4. The summed E-state index contributed by atoms with van der Waals surface area (Å²) in [4.78, 5) is 19.3. The fourth-order valence-electron chi connectivity index (χ4n) is 2.26. The molecule has 0 spiro atoms. The summed E-state index contributed by atoms with van der Waals surface area (Å²) in [7, 11) is 3.33. The van der Waals surface area contributed by atoms with Crippen molar-refractivity contribution in [3.05, 3.63) is 60.5 Å². The first-order valence-corrected chi connectivity index (χ1v) is 9.03. The summed E-state index contributed by atoms with van der Waals surface area (Å²) < 4.78 is 10.5. The van der Waals surface area contributed by atoms with E-state index in [1.54, 1.807) is 19.1 Å². The number of carbonyl (C=O) groups excluding carboxylic acids is 1. The van der Waals surface area contributed by atoms with E-state index in [0.717, 1.165) is 16.2 Å². The average Bonchev–Trinajstić information content (AvgIpc) is 3.15. The smallest absolute Gasteiger partial charge is 0.246 e. The Kier molecular flexibility index (Phi) is 5.91. The third kappa shape index (κ3) is 4.64. The van der Waals surface area contributed by atoms with Crippen LogP contribution in [-0.4, -0.2) is 40.9 Å². The van der Waals surface area contributed by atoms with Crippen molar-refractivity contribution >= 4 is 17.7 Å². The van der Waals surface area contributed by atoms with Crippen LogP contribution in [0.5, 0.6) is 5.75 Å². The van der Waals surface area contributed by atoms with Gasteiger partial charge in [0.05, 0.1) is 19.4 Å². The van der Waals surface area contributed by atoms with E-state index < -0.39 is 0 Å². The lowest BCUT2D eigenvalue weighted by Gasteiger charge is -2.14. The second-order valence-corrected chi connectivity index (χ2v) is 6.64. The maximum absolute atomic E-state index is 12.3. The van der Waals surface area contributed by atoms with Crippen LogP contribution in [0, 0.1) is 0 Å². The van der Waals surface area contributed by atoms with E-state index >= 15 is 0 Å². The van der Waals surface area contributed by atoms with Gasteiger partial charge in [0.25, 0.3) is 0 Å². The van der Waals surface area contributed by atoms with Crippen molar-refractivity contribution < 1.29 is 14.1 Å². The van der Waals surface area contributed by atoms with Crippen LogP contribution in [0.15, 0.2) is 64.0 Å². The summed E-state index contributed by atoms with van der Waals surface area (Å²) in [5.74, 6) is 1.94. The number of methoxy groups -OCH3 is 1. The van der Waals surface area contributed by atoms with E-state index in [4.69, 9.17) is 9.26 Å². The van der Waals surface area contributed by atoms with Crippen molar-refractivity contribution in [3.8, 4) is 17.1 Å². The molecule has 0 fully saturated rings.